The number of rotatable bonds is 3. The van der Waals surface area contributed by atoms with Crippen LogP contribution in [0.3, 0.4) is 0 Å². The molecule has 0 bridgehead atoms. The number of nitrogens with zero attached hydrogens (tertiary/aromatic N) is 3. The second kappa shape index (κ2) is 3.02. The number of hydrogen-bond donors (Lipinski definition) is 1. The Morgan fingerprint density at radius 2 is 2.33 bits per heavy atom. The van der Waals surface area contributed by atoms with Gasteiger partial charge >= 0.3 is 0 Å². The van der Waals surface area contributed by atoms with Crippen LogP contribution in [0, 0.1) is 0 Å². The highest BCUT2D eigenvalue weighted by atomic mass is 16.3. The summed E-state index contributed by atoms with van der Waals surface area (Å²) in [7, 11) is 0. The fourth-order valence-electron chi connectivity index (χ4n) is 0.655. The molecule has 0 amide bonds. The number of ketones is 1. The summed E-state index contributed by atoms with van der Waals surface area (Å²) in [5.41, 5.74) is -1.30. The van der Waals surface area contributed by atoms with Crippen LogP contribution >= 0.6 is 0 Å². The van der Waals surface area contributed by atoms with E-state index in [0.717, 1.165) is 0 Å². The van der Waals surface area contributed by atoms with Gasteiger partial charge in [-0.2, -0.15) is 5.10 Å². The highest BCUT2D eigenvalue weighted by Crippen LogP contribution is 2.03. The first-order valence-electron chi connectivity index (χ1n) is 3.58. The van der Waals surface area contributed by atoms with Crippen molar-refractivity contribution in [3.63, 3.8) is 0 Å². The van der Waals surface area contributed by atoms with Gasteiger partial charge in [-0.15, -0.1) is 0 Å². The van der Waals surface area contributed by atoms with Crippen molar-refractivity contribution in [2.24, 2.45) is 0 Å². The molecule has 1 rings (SSSR count). The standard InChI is InChI=1S/C7H11N3O2/c1-7(2,12)6(11)3-10-5-8-4-9-10/h4-5,12H,3H2,1-2H3. The van der Waals surface area contributed by atoms with Crippen LogP contribution in [0.5, 0.6) is 0 Å². The number of carbonyl (C=O) groups is 1. The van der Waals surface area contributed by atoms with Gasteiger partial charge in [-0.3, -0.25) is 4.79 Å². The monoisotopic (exact) mass is 169 g/mol. The molecule has 0 fully saturated rings. The van der Waals surface area contributed by atoms with E-state index in [1.54, 1.807) is 0 Å². The zero-order valence-electron chi connectivity index (χ0n) is 7.06. The van der Waals surface area contributed by atoms with Gasteiger partial charge in [-0.1, -0.05) is 0 Å². The summed E-state index contributed by atoms with van der Waals surface area (Å²) in [5, 5.41) is 13.0. The summed E-state index contributed by atoms with van der Waals surface area (Å²) in [4.78, 5) is 14.9. The first-order chi connectivity index (χ1) is 5.50. The van der Waals surface area contributed by atoms with Gasteiger partial charge in [-0.05, 0) is 13.8 Å². The van der Waals surface area contributed by atoms with E-state index in [2.05, 4.69) is 10.1 Å². The van der Waals surface area contributed by atoms with Crippen LogP contribution in [-0.4, -0.2) is 31.3 Å². The molecule has 0 unspecified atom stereocenters. The van der Waals surface area contributed by atoms with E-state index >= 15 is 0 Å². The van der Waals surface area contributed by atoms with Crippen LogP contribution in [-0.2, 0) is 11.3 Å². The fourth-order valence-corrected chi connectivity index (χ4v) is 0.655. The van der Waals surface area contributed by atoms with E-state index in [-0.39, 0.29) is 12.3 Å². The van der Waals surface area contributed by atoms with Crippen molar-refractivity contribution >= 4 is 5.78 Å². The number of Topliss-reactive ketones (excluding diaryl/α,β-unsaturated/α-hetero) is 1. The Morgan fingerprint density at radius 1 is 1.67 bits per heavy atom. The molecule has 0 aliphatic carbocycles. The average Bonchev–Trinajstić information content (AvgIpc) is 2.37. The average molecular weight is 169 g/mol. The molecular weight excluding hydrogens is 158 g/mol. The molecule has 0 atom stereocenters. The molecule has 0 aliphatic rings. The van der Waals surface area contributed by atoms with E-state index in [1.165, 1.54) is 31.2 Å². The van der Waals surface area contributed by atoms with Gasteiger partial charge in [-0.25, -0.2) is 9.67 Å². The van der Waals surface area contributed by atoms with Gasteiger partial charge in [0.2, 0.25) is 0 Å². The molecular formula is C7H11N3O2. The maximum atomic E-state index is 11.2. The van der Waals surface area contributed by atoms with Gasteiger partial charge in [0.05, 0.1) is 0 Å². The maximum absolute atomic E-state index is 11.2. The van der Waals surface area contributed by atoms with Crippen LogP contribution in [0.2, 0.25) is 0 Å². The lowest BCUT2D eigenvalue weighted by atomic mass is 10.0. The molecule has 5 nitrogen and oxygen atoms in total. The summed E-state index contributed by atoms with van der Waals surface area (Å²) in [6, 6.07) is 0. The minimum atomic E-state index is -1.30. The summed E-state index contributed by atoms with van der Waals surface area (Å²) < 4.78 is 1.38. The van der Waals surface area contributed by atoms with E-state index < -0.39 is 5.60 Å². The smallest absolute Gasteiger partial charge is 0.185 e. The molecule has 0 saturated heterocycles. The van der Waals surface area contributed by atoms with E-state index in [9.17, 15) is 9.90 Å². The van der Waals surface area contributed by atoms with Gasteiger partial charge in [0.1, 0.15) is 24.8 Å². The SMILES string of the molecule is CC(C)(O)C(=O)Cn1cncn1. The largest absolute Gasteiger partial charge is 0.383 e. The highest BCUT2D eigenvalue weighted by molar-refractivity contribution is 5.85. The quantitative estimate of drug-likeness (QED) is 0.669. The Hall–Kier alpha value is -1.23. The van der Waals surface area contributed by atoms with Gasteiger partial charge in [0.25, 0.3) is 0 Å². The van der Waals surface area contributed by atoms with Crippen molar-refractivity contribution in [3.8, 4) is 0 Å². The van der Waals surface area contributed by atoms with Crippen LogP contribution in [0.25, 0.3) is 0 Å². The molecule has 0 saturated carbocycles. The fraction of sp³-hybridized carbons (Fsp3) is 0.571. The van der Waals surface area contributed by atoms with E-state index in [4.69, 9.17) is 0 Å². The topological polar surface area (TPSA) is 68.0 Å². The lowest BCUT2D eigenvalue weighted by Gasteiger charge is -2.14. The molecule has 0 spiro atoms. The Bertz CT molecular complexity index is 261. The summed E-state index contributed by atoms with van der Waals surface area (Å²) in [6.45, 7) is 2.96. The van der Waals surface area contributed by atoms with Crippen molar-refractivity contribution in [1.29, 1.82) is 0 Å². The molecule has 5 heteroatoms. The Morgan fingerprint density at radius 3 is 2.75 bits per heavy atom. The van der Waals surface area contributed by atoms with Crippen LogP contribution in [0.4, 0.5) is 0 Å². The molecule has 1 aromatic rings. The van der Waals surface area contributed by atoms with Crippen molar-refractivity contribution in [2.75, 3.05) is 0 Å². The third-order valence-electron chi connectivity index (χ3n) is 1.45. The highest BCUT2D eigenvalue weighted by Gasteiger charge is 2.23. The third-order valence-corrected chi connectivity index (χ3v) is 1.45. The summed E-state index contributed by atoms with van der Waals surface area (Å²) >= 11 is 0. The molecule has 12 heavy (non-hydrogen) atoms. The van der Waals surface area contributed by atoms with Crippen molar-refractivity contribution in [2.45, 2.75) is 26.0 Å². The Labute approximate surface area is 70.0 Å². The zero-order valence-corrected chi connectivity index (χ0v) is 7.06. The van der Waals surface area contributed by atoms with Crippen LogP contribution in [0.1, 0.15) is 13.8 Å². The van der Waals surface area contributed by atoms with Gasteiger partial charge in [0.15, 0.2) is 5.78 Å². The van der Waals surface area contributed by atoms with Gasteiger partial charge in [0, 0.05) is 0 Å². The molecule has 66 valence electrons. The maximum Gasteiger partial charge on any atom is 0.185 e. The minimum Gasteiger partial charge on any atom is -0.383 e. The van der Waals surface area contributed by atoms with E-state index in [0.29, 0.717) is 0 Å². The molecule has 1 aromatic heterocycles. The lowest BCUT2D eigenvalue weighted by Crippen LogP contribution is -2.34. The number of aliphatic hydroxyl groups is 1. The summed E-state index contributed by atoms with van der Waals surface area (Å²) in [6.07, 6.45) is 2.78. The minimum absolute atomic E-state index is 0.0590. The molecule has 0 aromatic carbocycles. The second-order valence-electron chi connectivity index (χ2n) is 3.08. The molecule has 1 heterocycles. The molecule has 1 N–H and O–H groups in total. The number of carbonyl (C=O) groups excluding carboxylic acids is 1. The lowest BCUT2D eigenvalue weighted by molar-refractivity contribution is -0.134. The second-order valence-corrected chi connectivity index (χ2v) is 3.08. The Balaban J connectivity index is 2.60. The number of hydrogen-bond acceptors (Lipinski definition) is 4. The number of aromatic nitrogens is 3. The predicted molar refractivity (Wildman–Crippen MR) is 41.3 cm³/mol. The van der Waals surface area contributed by atoms with Crippen molar-refractivity contribution < 1.29 is 9.90 Å². The van der Waals surface area contributed by atoms with Crippen molar-refractivity contribution in [1.82, 2.24) is 14.8 Å². The van der Waals surface area contributed by atoms with Crippen molar-refractivity contribution in [3.05, 3.63) is 12.7 Å². The first kappa shape index (κ1) is 8.86. The van der Waals surface area contributed by atoms with Crippen LogP contribution < -0.4 is 0 Å². The first-order valence-corrected chi connectivity index (χ1v) is 3.58. The van der Waals surface area contributed by atoms with E-state index in [1.807, 2.05) is 0 Å². The third kappa shape index (κ3) is 2.13. The Kier molecular flexibility index (Phi) is 2.23. The van der Waals surface area contributed by atoms with Gasteiger partial charge < -0.3 is 5.11 Å². The molecule has 0 aliphatic heterocycles. The summed E-state index contributed by atoms with van der Waals surface area (Å²) in [5.74, 6) is -0.284. The predicted octanol–water partition coefficient (Wildman–Crippen LogP) is -0.382. The van der Waals surface area contributed by atoms with Crippen LogP contribution in [0.15, 0.2) is 12.7 Å². The molecule has 0 radical (unpaired) electrons. The zero-order chi connectivity index (χ0) is 9.19. The normalized spacial score (nSPS) is 11.6.